The van der Waals surface area contributed by atoms with Gasteiger partial charge in [-0.25, -0.2) is 0 Å². The molecule has 3 heteroatoms. The van der Waals surface area contributed by atoms with Crippen molar-refractivity contribution in [3.8, 4) is 9.75 Å². The molecule has 0 radical (unpaired) electrons. The Morgan fingerprint density at radius 2 is 0.904 bits per heavy atom. The van der Waals surface area contributed by atoms with Crippen LogP contribution < -0.4 is 4.90 Å². The summed E-state index contributed by atoms with van der Waals surface area (Å²) in [4.78, 5) is 9.28. The van der Waals surface area contributed by atoms with E-state index >= 15 is 0 Å². The van der Waals surface area contributed by atoms with Crippen molar-refractivity contribution < 1.29 is 0 Å². The van der Waals surface area contributed by atoms with E-state index in [0.29, 0.717) is 11.8 Å². The fraction of sp³-hybridized carbons (Fsp3) is 0.714. The summed E-state index contributed by atoms with van der Waals surface area (Å²) in [5.74, 6) is 1.09. The average molecular weight is 746 g/mol. The summed E-state index contributed by atoms with van der Waals surface area (Å²) in [6.07, 6.45) is 31.8. The number of nitrogens with zero attached hydrogens (tertiary/aromatic N) is 1. The third-order valence-electron chi connectivity index (χ3n) is 11.8. The van der Waals surface area contributed by atoms with Crippen LogP contribution in [0.4, 0.5) is 11.4 Å². The van der Waals surface area contributed by atoms with E-state index in [4.69, 9.17) is 0 Å². The maximum absolute atomic E-state index is 2.99. The fourth-order valence-electron chi connectivity index (χ4n) is 8.65. The molecule has 0 fully saturated rings. The highest BCUT2D eigenvalue weighted by atomic mass is 32.1. The molecule has 1 aliphatic rings. The second kappa shape index (κ2) is 22.7. The monoisotopic (exact) mass is 746 g/mol. The molecular weight excluding hydrogens is 667 g/mol. The number of hydrogen-bond donors (Lipinski definition) is 0. The predicted molar refractivity (Wildman–Crippen MR) is 238 cm³/mol. The molecule has 0 spiro atoms. The van der Waals surface area contributed by atoms with E-state index in [9.17, 15) is 0 Å². The molecule has 1 nitrogen and oxygen atoms in total. The molecular formula is C49H79NS2. The second-order valence-electron chi connectivity index (χ2n) is 17.1. The molecule has 292 valence electrons. The van der Waals surface area contributed by atoms with Crippen molar-refractivity contribution in [2.24, 2.45) is 0 Å². The summed E-state index contributed by atoms with van der Waals surface area (Å²) in [6.45, 7) is 19.0. The van der Waals surface area contributed by atoms with Gasteiger partial charge in [-0.05, 0) is 91.3 Å². The van der Waals surface area contributed by atoms with E-state index in [2.05, 4.69) is 113 Å². The molecule has 0 aliphatic carbocycles. The standard InChI is InChI=1S/C49H79NS2/c1-9-13-17-21-23-27-31-49(32-28-24-22-18-14-10-2)43-36-45(38(5)6)51-47(43)48-44(37-46(52-48)39(7)8)50(49)42-34-40(29-25-19-15-11-3)33-41(35-42)30-26-20-16-12-4/h33-39H,9-32H2,1-8H3. The number of hydrogen-bond acceptors (Lipinski definition) is 3. The summed E-state index contributed by atoms with van der Waals surface area (Å²) < 4.78 is 0. The molecule has 3 aromatic rings. The van der Waals surface area contributed by atoms with E-state index in [1.807, 2.05) is 0 Å². The minimum atomic E-state index is -0.00285. The van der Waals surface area contributed by atoms with E-state index in [1.165, 1.54) is 165 Å². The Bertz CT molecular complexity index is 1380. The minimum absolute atomic E-state index is 0.00285. The third kappa shape index (κ3) is 11.7. The number of anilines is 2. The molecule has 0 saturated carbocycles. The molecule has 0 saturated heterocycles. The minimum Gasteiger partial charge on any atom is -0.330 e. The first kappa shape index (κ1) is 43.2. The van der Waals surface area contributed by atoms with Crippen LogP contribution in [0.25, 0.3) is 9.75 Å². The molecule has 3 heterocycles. The van der Waals surface area contributed by atoms with Gasteiger partial charge >= 0.3 is 0 Å². The molecule has 1 aromatic carbocycles. The Labute approximate surface area is 330 Å². The van der Waals surface area contributed by atoms with Crippen LogP contribution in [0.1, 0.15) is 235 Å². The maximum Gasteiger partial charge on any atom is 0.0717 e. The van der Waals surface area contributed by atoms with Crippen LogP contribution in [0.15, 0.2) is 30.3 Å². The summed E-state index contributed by atoms with van der Waals surface area (Å²) in [5.41, 5.74) is 7.84. The summed E-state index contributed by atoms with van der Waals surface area (Å²) in [7, 11) is 0. The number of unbranched alkanes of at least 4 members (excludes halogenated alkanes) is 16. The molecule has 0 unspecified atom stereocenters. The van der Waals surface area contributed by atoms with E-state index in [1.54, 1.807) is 36.2 Å². The van der Waals surface area contributed by atoms with Gasteiger partial charge in [0.05, 0.1) is 21.0 Å². The zero-order valence-electron chi connectivity index (χ0n) is 35.3. The average Bonchev–Trinajstić information content (AvgIpc) is 3.78. The van der Waals surface area contributed by atoms with Gasteiger partial charge in [0.1, 0.15) is 0 Å². The van der Waals surface area contributed by atoms with Crippen molar-refractivity contribution in [1.82, 2.24) is 0 Å². The van der Waals surface area contributed by atoms with Crippen molar-refractivity contribution in [3.05, 3.63) is 56.8 Å². The first-order valence-corrected chi connectivity index (χ1v) is 24.1. The highest BCUT2D eigenvalue weighted by Gasteiger charge is 2.47. The fourth-order valence-corrected chi connectivity index (χ4v) is 11.2. The van der Waals surface area contributed by atoms with Crippen LogP contribution in [-0.4, -0.2) is 0 Å². The summed E-state index contributed by atoms with van der Waals surface area (Å²) >= 11 is 4.23. The number of thiophene rings is 2. The molecule has 52 heavy (non-hydrogen) atoms. The number of rotatable bonds is 27. The van der Waals surface area contributed by atoms with Crippen LogP contribution in [0.3, 0.4) is 0 Å². The van der Waals surface area contributed by atoms with Gasteiger partial charge in [-0.3, -0.25) is 0 Å². The molecule has 0 amide bonds. The SMILES string of the molecule is CCCCCCCCC1(CCCCCCCC)c2cc(C(C)C)sc2-c2sc(C(C)C)cc2N1c1cc(CCCCCC)cc(CCCCCC)c1. The second-order valence-corrected chi connectivity index (χ2v) is 19.3. The van der Waals surface area contributed by atoms with Crippen LogP contribution in [0, 0.1) is 0 Å². The number of benzene rings is 1. The van der Waals surface area contributed by atoms with Gasteiger partial charge in [0.2, 0.25) is 0 Å². The lowest BCUT2D eigenvalue weighted by molar-refractivity contribution is 0.337. The van der Waals surface area contributed by atoms with Crippen LogP contribution in [-0.2, 0) is 18.4 Å². The van der Waals surface area contributed by atoms with E-state index < -0.39 is 0 Å². The molecule has 4 rings (SSSR count). The Kier molecular flexibility index (Phi) is 18.8. The van der Waals surface area contributed by atoms with Gasteiger partial charge in [-0.15, -0.1) is 22.7 Å². The molecule has 0 atom stereocenters. The van der Waals surface area contributed by atoms with Gasteiger partial charge in [-0.2, -0.15) is 0 Å². The zero-order valence-corrected chi connectivity index (χ0v) is 36.9. The largest absolute Gasteiger partial charge is 0.330 e. The Morgan fingerprint density at radius 1 is 0.481 bits per heavy atom. The van der Waals surface area contributed by atoms with Gasteiger partial charge in [-0.1, -0.05) is 177 Å². The molecule has 2 aromatic heterocycles. The summed E-state index contributed by atoms with van der Waals surface area (Å²) in [5, 5.41) is 0. The van der Waals surface area contributed by atoms with Gasteiger partial charge in [0, 0.05) is 15.4 Å². The molecule has 0 bridgehead atoms. The lowest BCUT2D eigenvalue weighted by atomic mass is 9.75. The smallest absolute Gasteiger partial charge is 0.0717 e. The highest BCUT2D eigenvalue weighted by Crippen LogP contribution is 2.61. The summed E-state index contributed by atoms with van der Waals surface area (Å²) in [6, 6.07) is 13.3. The van der Waals surface area contributed by atoms with Crippen molar-refractivity contribution >= 4 is 34.0 Å². The topological polar surface area (TPSA) is 3.24 Å². The van der Waals surface area contributed by atoms with Gasteiger partial charge < -0.3 is 4.90 Å². The van der Waals surface area contributed by atoms with Crippen LogP contribution in [0.2, 0.25) is 0 Å². The van der Waals surface area contributed by atoms with E-state index in [0.717, 1.165) is 0 Å². The first-order chi connectivity index (χ1) is 25.3. The van der Waals surface area contributed by atoms with Crippen molar-refractivity contribution in [2.75, 3.05) is 4.90 Å². The number of fused-ring (bicyclic) bond motifs is 3. The quantitative estimate of drug-likeness (QED) is 0.0703. The highest BCUT2D eigenvalue weighted by molar-refractivity contribution is 7.23. The lowest BCUT2D eigenvalue weighted by Crippen LogP contribution is -2.45. The zero-order chi connectivity index (χ0) is 37.3. The normalized spacial score (nSPS) is 13.8. The Hall–Kier alpha value is -1.58. The van der Waals surface area contributed by atoms with Gasteiger partial charge in [0.25, 0.3) is 0 Å². The van der Waals surface area contributed by atoms with Crippen molar-refractivity contribution in [3.63, 3.8) is 0 Å². The van der Waals surface area contributed by atoms with Crippen molar-refractivity contribution in [2.45, 2.75) is 227 Å². The molecule has 1 aliphatic heterocycles. The van der Waals surface area contributed by atoms with Crippen LogP contribution >= 0.6 is 22.7 Å². The lowest BCUT2D eigenvalue weighted by Gasteiger charge is -2.49. The Balaban J connectivity index is 1.90. The van der Waals surface area contributed by atoms with Crippen LogP contribution in [0.5, 0.6) is 0 Å². The Morgan fingerprint density at radius 3 is 1.38 bits per heavy atom. The third-order valence-corrected chi connectivity index (χ3v) is 14.8. The predicted octanol–water partition coefficient (Wildman–Crippen LogP) is 17.8. The van der Waals surface area contributed by atoms with Crippen molar-refractivity contribution in [1.29, 1.82) is 0 Å². The maximum atomic E-state index is 2.99. The molecule has 0 N–H and O–H groups in total. The van der Waals surface area contributed by atoms with Gasteiger partial charge in [0.15, 0.2) is 0 Å². The number of aryl methyl sites for hydroxylation is 2. The first-order valence-electron chi connectivity index (χ1n) is 22.5. The van der Waals surface area contributed by atoms with E-state index in [-0.39, 0.29) is 5.54 Å².